The van der Waals surface area contributed by atoms with Crippen molar-refractivity contribution in [2.24, 2.45) is 0 Å². The third-order valence-corrected chi connectivity index (χ3v) is 1.11. The zero-order valence-electron chi connectivity index (χ0n) is 4.59. The Balaban J connectivity index is 3.46. The van der Waals surface area contributed by atoms with Gasteiger partial charge in [0, 0.05) is 18.3 Å². The summed E-state index contributed by atoms with van der Waals surface area (Å²) >= 11 is 5.24. The van der Waals surface area contributed by atoms with Crippen molar-refractivity contribution < 1.29 is 9.90 Å². The number of likely N-dealkylation sites (N-methyl/N-ethyl adjacent to an activating group) is 1. The van der Waals surface area contributed by atoms with Gasteiger partial charge in [-0.1, -0.05) is 0 Å². The minimum Gasteiger partial charge on any atom is -0.386 e. The molecule has 0 aromatic carbocycles. The average Bonchev–Trinajstić information content (AvgIpc) is 1.84. The van der Waals surface area contributed by atoms with Gasteiger partial charge in [0.25, 0.3) is 5.91 Å². The van der Waals surface area contributed by atoms with Gasteiger partial charge < -0.3 is 5.11 Å². The molecular formula is C4H8ClNO2. The SMILES string of the molecule is CCN(Cl)C(=O)CO. The number of hydrogen-bond donors (Lipinski definition) is 1. The molecule has 0 aliphatic carbocycles. The highest BCUT2D eigenvalue weighted by Crippen LogP contribution is 1.91. The number of hydrogen-bond acceptors (Lipinski definition) is 2. The molecule has 4 heteroatoms. The fourth-order valence-corrected chi connectivity index (χ4v) is 0.307. The summed E-state index contributed by atoms with van der Waals surface area (Å²) in [5.41, 5.74) is 0. The maximum absolute atomic E-state index is 10.3. The highest BCUT2D eigenvalue weighted by atomic mass is 35.5. The van der Waals surface area contributed by atoms with Crippen molar-refractivity contribution in [3.8, 4) is 0 Å². The summed E-state index contributed by atoms with van der Waals surface area (Å²) in [5.74, 6) is -0.464. The Labute approximate surface area is 53.0 Å². The van der Waals surface area contributed by atoms with Crippen molar-refractivity contribution >= 4 is 17.7 Å². The molecule has 1 N–H and O–H groups in total. The lowest BCUT2D eigenvalue weighted by atomic mass is 10.6. The van der Waals surface area contributed by atoms with Crippen molar-refractivity contribution in [2.45, 2.75) is 6.92 Å². The predicted molar refractivity (Wildman–Crippen MR) is 30.3 cm³/mol. The van der Waals surface area contributed by atoms with E-state index in [4.69, 9.17) is 16.9 Å². The number of carbonyl (C=O) groups excluding carboxylic acids is 1. The summed E-state index contributed by atoms with van der Waals surface area (Å²) in [7, 11) is 0. The minimum atomic E-state index is -0.517. The van der Waals surface area contributed by atoms with Crippen LogP contribution in [-0.2, 0) is 4.79 Å². The normalized spacial score (nSPS) is 8.88. The van der Waals surface area contributed by atoms with Gasteiger partial charge in [-0.2, -0.15) is 0 Å². The molecule has 0 spiro atoms. The lowest BCUT2D eigenvalue weighted by Gasteiger charge is -2.06. The van der Waals surface area contributed by atoms with Crippen LogP contribution in [0.1, 0.15) is 6.92 Å². The van der Waals surface area contributed by atoms with Gasteiger partial charge in [-0.3, -0.25) is 9.21 Å². The number of halogens is 1. The van der Waals surface area contributed by atoms with Crippen LogP contribution in [0.5, 0.6) is 0 Å². The lowest BCUT2D eigenvalue weighted by Crippen LogP contribution is -2.23. The number of aliphatic hydroxyl groups is 1. The second-order valence-corrected chi connectivity index (χ2v) is 1.64. The molecule has 0 rings (SSSR count). The van der Waals surface area contributed by atoms with Crippen LogP contribution in [0.25, 0.3) is 0 Å². The molecule has 1 amide bonds. The van der Waals surface area contributed by atoms with Gasteiger partial charge in [-0.05, 0) is 6.92 Å². The summed E-state index contributed by atoms with van der Waals surface area (Å²) < 4.78 is 0.931. The number of rotatable bonds is 2. The molecule has 0 fully saturated rings. The first-order valence-electron chi connectivity index (χ1n) is 2.29. The maximum Gasteiger partial charge on any atom is 0.262 e. The molecular weight excluding hydrogens is 130 g/mol. The summed E-state index contributed by atoms with van der Waals surface area (Å²) in [5, 5.41) is 8.16. The van der Waals surface area contributed by atoms with Crippen molar-refractivity contribution in [1.29, 1.82) is 0 Å². The molecule has 0 aromatic rings. The number of nitrogens with zero attached hydrogens (tertiary/aromatic N) is 1. The third kappa shape index (κ3) is 2.14. The quantitative estimate of drug-likeness (QED) is 0.544. The Bertz CT molecular complexity index is 86.1. The van der Waals surface area contributed by atoms with Crippen LogP contribution in [0, 0.1) is 0 Å². The van der Waals surface area contributed by atoms with Gasteiger partial charge >= 0.3 is 0 Å². The molecule has 0 heterocycles. The van der Waals surface area contributed by atoms with E-state index in [1.54, 1.807) is 6.92 Å². The van der Waals surface area contributed by atoms with E-state index in [2.05, 4.69) is 0 Å². The molecule has 0 bridgehead atoms. The first kappa shape index (κ1) is 7.72. The molecule has 0 radical (unpaired) electrons. The smallest absolute Gasteiger partial charge is 0.262 e. The van der Waals surface area contributed by atoms with Crippen molar-refractivity contribution in [2.75, 3.05) is 13.2 Å². The van der Waals surface area contributed by atoms with E-state index in [1.807, 2.05) is 0 Å². The summed E-state index contributed by atoms with van der Waals surface area (Å²) in [6, 6.07) is 0. The fraction of sp³-hybridized carbons (Fsp3) is 0.750. The summed E-state index contributed by atoms with van der Waals surface area (Å²) in [4.78, 5) is 10.3. The number of amides is 1. The van der Waals surface area contributed by atoms with Crippen LogP contribution in [0.3, 0.4) is 0 Å². The second-order valence-electron chi connectivity index (χ2n) is 1.23. The average molecular weight is 138 g/mol. The topological polar surface area (TPSA) is 40.5 Å². The molecule has 3 nitrogen and oxygen atoms in total. The molecule has 48 valence electrons. The Morgan fingerprint density at radius 3 is 2.50 bits per heavy atom. The van der Waals surface area contributed by atoms with Crippen LogP contribution < -0.4 is 0 Å². The van der Waals surface area contributed by atoms with Crippen molar-refractivity contribution in [3.63, 3.8) is 0 Å². The van der Waals surface area contributed by atoms with E-state index >= 15 is 0 Å². The molecule has 0 aliphatic heterocycles. The first-order valence-corrected chi connectivity index (χ1v) is 2.63. The van der Waals surface area contributed by atoms with E-state index in [0.717, 1.165) is 4.42 Å². The zero-order valence-corrected chi connectivity index (χ0v) is 5.35. The Morgan fingerprint density at radius 1 is 1.88 bits per heavy atom. The zero-order chi connectivity index (χ0) is 6.57. The number of carbonyl (C=O) groups is 1. The largest absolute Gasteiger partial charge is 0.386 e. The highest BCUT2D eigenvalue weighted by Gasteiger charge is 2.04. The van der Waals surface area contributed by atoms with Crippen molar-refractivity contribution in [3.05, 3.63) is 0 Å². The van der Waals surface area contributed by atoms with Gasteiger partial charge in [0.1, 0.15) is 6.61 Å². The standard InChI is InChI=1S/C4H8ClNO2/c1-2-6(5)4(8)3-7/h7H,2-3H2,1H3. The Morgan fingerprint density at radius 2 is 2.38 bits per heavy atom. The second kappa shape index (κ2) is 3.69. The minimum absolute atomic E-state index is 0.418. The molecule has 8 heavy (non-hydrogen) atoms. The predicted octanol–water partition coefficient (Wildman–Crippen LogP) is -0.0190. The van der Waals surface area contributed by atoms with Gasteiger partial charge in [-0.25, -0.2) is 0 Å². The van der Waals surface area contributed by atoms with E-state index < -0.39 is 12.5 Å². The van der Waals surface area contributed by atoms with Gasteiger partial charge in [-0.15, -0.1) is 0 Å². The number of aliphatic hydroxyl groups excluding tert-OH is 1. The van der Waals surface area contributed by atoms with Crippen molar-refractivity contribution in [1.82, 2.24) is 4.42 Å². The van der Waals surface area contributed by atoms with Gasteiger partial charge in [0.05, 0.1) is 0 Å². The third-order valence-electron chi connectivity index (χ3n) is 0.684. The Hall–Kier alpha value is -0.280. The van der Waals surface area contributed by atoms with Gasteiger partial charge in [0.2, 0.25) is 0 Å². The molecule has 0 atom stereocenters. The highest BCUT2D eigenvalue weighted by molar-refractivity contribution is 6.21. The maximum atomic E-state index is 10.3. The van der Waals surface area contributed by atoms with E-state index in [0.29, 0.717) is 6.54 Å². The van der Waals surface area contributed by atoms with Crippen LogP contribution in [-0.4, -0.2) is 28.6 Å². The summed E-state index contributed by atoms with van der Waals surface area (Å²) in [6.45, 7) is 1.62. The molecule has 0 aromatic heterocycles. The Kier molecular flexibility index (Phi) is 3.56. The van der Waals surface area contributed by atoms with Gasteiger partial charge in [0.15, 0.2) is 0 Å². The molecule has 0 saturated heterocycles. The monoisotopic (exact) mass is 137 g/mol. The van der Waals surface area contributed by atoms with Crippen LogP contribution >= 0.6 is 11.8 Å². The molecule has 0 saturated carbocycles. The van der Waals surface area contributed by atoms with Crippen LogP contribution in [0.2, 0.25) is 0 Å². The molecule has 0 unspecified atom stereocenters. The van der Waals surface area contributed by atoms with Crippen LogP contribution in [0.4, 0.5) is 0 Å². The summed E-state index contributed by atoms with van der Waals surface area (Å²) in [6.07, 6.45) is 0. The van der Waals surface area contributed by atoms with E-state index in [-0.39, 0.29) is 0 Å². The first-order chi connectivity index (χ1) is 3.72. The van der Waals surface area contributed by atoms with E-state index in [9.17, 15) is 4.79 Å². The lowest BCUT2D eigenvalue weighted by molar-refractivity contribution is -0.129. The fourth-order valence-electron chi connectivity index (χ4n) is 0.253. The molecule has 0 aliphatic rings. The van der Waals surface area contributed by atoms with E-state index in [1.165, 1.54) is 0 Å². The van der Waals surface area contributed by atoms with Crippen LogP contribution in [0.15, 0.2) is 0 Å².